The number of benzene rings is 3. The normalized spacial score (nSPS) is 14.8. The largest absolute Gasteiger partial charge is 0.573 e. The zero-order valence-electron chi connectivity index (χ0n) is 20.1. The van der Waals surface area contributed by atoms with E-state index in [1.54, 1.807) is 4.90 Å². The van der Waals surface area contributed by atoms with Crippen LogP contribution in [0.4, 0.5) is 13.2 Å². The molecule has 1 aliphatic rings. The van der Waals surface area contributed by atoms with Crippen molar-refractivity contribution in [1.29, 1.82) is 0 Å². The Kier molecular flexibility index (Phi) is 7.73. The highest BCUT2D eigenvalue weighted by atomic mass is 79.9. The number of alkyl halides is 3. The molecule has 3 aromatic rings. The lowest BCUT2D eigenvalue weighted by molar-refractivity contribution is -0.275. The molecule has 1 heterocycles. The molecule has 0 bridgehead atoms. The summed E-state index contributed by atoms with van der Waals surface area (Å²) in [6.45, 7) is 4.41. The molecular weight excluding hydrogens is 571 g/mol. The third-order valence-electron chi connectivity index (χ3n) is 5.59. The van der Waals surface area contributed by atoms with Gasteiger partial charge in [-0.25, -0.2) is 8.42 Å². The monoisotopic (exact) mass is 595 g/mol. The van der Waals surface area contributed by atoms with Crippen LogP contribution in [0.25, 0.3) is 6.08 Å². The SMILES string of the molecule is CC1(C)C=Cc2cc(CN(Cc3ccccc3)CS(=O)(=O)c3ccc(Br)cc3OC(F)(F)F)ccc2O1. The number of fused-ring (bicyclic) bond motifs is 1. The van der Waals surface area contributed by atoms with Gasteiger partial charge in [0.15, 0.2) is 9.84 Å². The molecule has 0 unspecified atom stereocenters. The molecule has 0 fully saturated rings. The summed E-state index contributed by atoms with van der Waals surface area (Å²) in [6, 6.07) is 18.4. The molecule has 0 atom stereocenters. The Balaban J connectivity index is 1.65. The minimum atomic E-state index is -5.04. The molecule has 3 aromatic carbocycles. The summed E-state index contributed by atoms with van der Waals surface area (Å²) in [6.07, 6.45) is -1.13. The first-order chi connectivity index (χ1) is 17.3. The van der Waals surface area contributed by atoms with Crippen LogP contribution in [0.1, 0.15) is 30.5 Å². The highest BCUT2D eigenvalue weighted by Crippen LogP contribution is 2.34. The fourth-order valence-corrected chi connectivity index (χ4v) is 5.85. The predicted molar refractivity (Wildman–Crippen MR) is 139 cm³/mol. The summed E-state index contributed by atoms with van der Waals surface area (Å²) in [7, 11) is -4.21. The van der Waals surface area contributed by atoms with Crippen molar-refractivity contribution in [3.05, 3.63) is 94.0 Å². The number of rotatable bonds is 8. The van der Waals surface area contributed by atoms with Crippen molar-refractivity contribution in [3.63, 3.8) is 0 Å². The number of hydrogen-bond acceptors (Lipinski definition) is 5. The Labute approximate surface area is 222 Å². The van der Waals surface area contributed by atoms with Crippen molar-refractivity contribution in [3.8, 4) is 11.5 Å². The fourth-order valence-electron chi connectivity index (χ4n) is 4.03. The van der Waals surface area contributed by atoms with E-state index in [2.05, 4.69) is 20.7 Å². The maximum atomic E-state index is 13.4. The maximum Gasteiger partial charge on any atom is 0.573 e. The van der Waals surface area contributed by atoms with E-state index in [9.17, 15) is 21.6 Å². The van der Waals surface area contributed by atoms with Crippen LogP contribution in [0.15, 0.2) is 82.2 Å². The lowest BCUT2D eigenvalue weighted by atomic mass is 10.0. The Morgan fingerprint density at radius 3 is 2.38 bits per heavy atom. The molecule has 4 rings (SSSR count). The quantitative estimate of drug-likeness (QED) is 0.281. The van der Waals surface area contributed by atoms with E-state index in [0.29, 0.717) is 0 Å². The zero-order chi connectivity index (χ0) is 26.8. The zero-order valence-corrected chi connectivity index (χ0v) is 22.5. The number of sulfone groups is 1. The highest BCUT2D eigenvalue weighted by Gasteiger charge is 2.35. The second kappa shape index (κ2) is 10.5. The second-order valence-electron chi connectivity index (χ2n) is 9.27. The van der Waals surface area contributed by atoms with Crippen LogP contribution in [0.3, 0.4) is 0 Å². The first-order valence-electron chi connectivity index (χ1n) is 11.4. The highest BCUT2D eigenvalue weighted by molar-refractivity contribution is 9.10. The first-order valence-corrected chi connectivity index (χ1v) is 13.8. The van der Waals surface area contributed by atoms with Crippen LogP contribution >= 0.6 is 15.9 Å². The summed E-state index contributed by atoms with van der Waals surface area (Å²) in [5.74, 6) is -0.573. The third kappa shape index (κ3) is 7.37. The van der Waals surface area contributed by atoms with E-state index in [4.69, 9.17) is 4.74 Å². The van der Waals surface area contributed by atoms with Gasteiger partial charge in [-0.1, -0.05) is 58.4 Å². The average Bonchev–Trinajstić information content (AvgIpc) is 2.78. The molecular formula is C27H25BrF3NO4S. The Morgan fingerprint density at radius 2 is 1.68 bits per heavy atom. The summed E-state index contributed by atoms with van der Waals surface area (Å²) >= 11 is 3.08. The molecule has 0 saturated heterocycles. The molecule has 1 aliphatic heterocycles. The molecule has 5 nitrogen and oxygen atoms in total. The van der Waals surface area contributed by atoms with Gasteiger partial charge in [-0.15, -0.1) is 13.2 Å². The van der Waals surface area contributed by atoms with Crippen molar-refractivity contribution in [2.24, 2.45) is 0 Å². The van der Waals surface area contributed by atoms with Crippen LogP contribution in [0.5, 0.6) is 11.5 Å². The fraction of sp³-hybridized carbons (Fsp3) is 0.259. The summed E-state index contributed by atoms with van der Waals surface area (Å²) in [5.41, 5.74) is 2.14. The van der Waals surface area contributed by atoms with Gasteiger partial charge in [0.25, 0.3) is 0 Å². The van der Waals surface area contributed by atoms with Gasteiger partial charge in [-0.05, 0) is 61.4 Å². The van der Waals surface area contributed by atoms with Crippen molar-refractivity contribution in [2.45, 2.75) is 43.8 Å². The molecule has 0 radical (unpaired) electrons. The molecule has 0 aromatic heterocycles. The molecule has 0 spiro atoms. The predicted octanol–water partition coefficient (Wildman–Crippen LogP) is 6.97. The molecule has 0 aliphatic carbocycles. The standard InChI is InChI=1S/C27H25BrF3NO4S/c1-26(2)13-12-21-14-20(8-10-23(21)35-26)17-32(16-19-6-4-3-5-7-19)18-37(33,34)25-11-9-22(28)15-24(25)36-27(29,30)31/h3-15H,16-18H2,1-2H3. The Morgan fingerprint density at radius 1 is 0.973 bits per heavy atom. The van der Waals surface area contributed by atoms with E-state index < -0.39 is 38.3 Å². The van der Waals surface area contributed by atoms with E-state index in [0.717, 1.165) is 34.6 Å². The van der Waals surface area contributed by atoms with Crippen molar-refractivity contribution in [1.82, 2.24) is 4.90 Å². The smallest absolute Gasteiger partial charge is 0.483 e. The van der Waals surface area contributed by atoms with E-state index in [1.165, 1.54) is 6.07 Å². The number of hydrogen-bond donors (Lipinski definition) is 0. The summed E-state index contributed by atoms with van der Waals surface area (Å²) in [4.78, 5) is 1.14. The van der Waals surface area contributed by atoms with Crippen molar-refractivity contribution in [2.75, 3.05) is 5.88 Å². The van der Waals surface area contributed by atoms with E-state index >= 15 is 0 Å². The van der Waals surface area contributed by atoms with Gasteiger partial charge in [-0.3, -0.25) is 4.90 Å². The number of nitrogens with zero attached hydrogens (tertiary/aromatic N) is 1. The summed E-state index contributed by atoms with van der Waals surface area (Å²) in [5, 5.41) is 0. The molecule has 0 amide bonds. The van der Waals surface area contributed by atoms with Crippen LogP contribution in [-0.2, 0) is 22.9 Å². The van der Waals surface area contributed by atoms with Gasteiger partial charge in [0.1, 0.15) is 27.9 Å². The maximum absolute atomic E-state index is 13.4. The molecule has 0 N–H and O–H groups in total. The minimum Gasteiger partial charge on any atom is -0.483 e. The second-order valence-corrected chi connectivity index (χ2v) is 12.1. The van der Waals surface area contributed by atoms with E-state index in [1.807, 2.05) is 74.5 Å². The summed E-state index contributed by atoms with van der Waals surface area (Å²) < 4.78 is 76.1. The van der Waals surface area contributed by atoms with Crippen LogP contribution in [-0.4, -0.2) is 31.2 Å². The van der Waals surface area contributed by atoms with Gasteiger partial charge in [0.05, 0.1) is 0 Å². The molecule has 37 heavy (non-hydrogen) atoms. The Hall–Kier alpha value is -2.82. The molecule has 10 heteroatoms. The van der Waals surface area contributed by atoms with Crippen molar-refractivity contribution < 1.29 is 31.1 Å². The van der Waals surface area contributed by atoms with Gasteiger partial charge >= 0.3 is 6.36 Å². The van der Waals surface area contributed by atoms with Crippen LogP contribution < -0.4 is 9.47 Å². The van der Waals surface area contributed by atoms with Gasteiger partial charge in [0, 0.05) is 23.1 Å². The Bertz CT molecular complexity index is 1410. The van der Waals surface area contributed by atoms with Gasteiger partial charge in [-0.2, -0.15) is 0 Å². The topological polar surface area (TPSA) is 55.8 Å². The number of ether oxygens (including phenoxy) is 2. The first kappa shape index (κ1) is 27.2. The average molecular weight is 596 g/mol. The van der Waals surface area contributed by atoms with Crippen molar-refractivity contribution >= 4 is 31.8 Å². The third-order valence-corrected chi connectivity index (χ3v) is 7.79. The lowest BCUT2D eigenvalue weighted by Gasteiger charge is -2.28. The molecule has 196 valence electrons. The minimum absolute atomic E-state index is 0.241. The van der Waals surface area contributed by atoms with E-state index in [-0.39, 0.29) is 17.6 Å². The van der Waals surface area contributed by atoms with Crippen LogP contribution in [0.2, 0.25) is 0 Å². The molecule has 0 saturated carbocycles. The van der Waals surface area contributed by atoms with Gasteiger partial charge < -0.3 is 9.47 Å². The lowest BCUT2D eigenvalue weighted by Crippen LogP contribution is -2.30. The number of halogens is 4. The van der Waals surface area contributed by atoms with Crippen LogP contribution in [0, 0.1) is 0 Å². The van der Waals surface area contributed by atoms with Gasteiger partial charge in [0.2, 0.25) is 0 Å².